The summed E-state index contributed by atoms with van der Waals surface area (Å²) in [4.78, 5) is 8.59. The second-order valence-electron chi connectivity index (χ2n) is 4.79. The topological polar surface area (TPSA) is 49.8 Å². The van der Waals surface area contributed by atoms with E-state index in [0.717, 1.165) is 19.4 Å². The third-order valence-corrected chi connectivity index (χ3v) is 3.50. The molecule has 0 spiro atoms. The van der Waals surface area contributed by atoms with E-state index in [4.69, 9.17) is 11.6 Å². The minimum absolute atomic E-state index is 0.533. The molecule has 0 atom stereocenters. The van der Waals surface area contributed by atoms with Gasteiger partial charge in [-0.3, -0.25) is 0 Å². The molecule has 5 heteroatoms. The number of anilines is 2. The summed E-state index contributed by atoms with van der Waals surface area (Å²) in [6.45, 7) is 5.81. The number of benzene rings is 1. The van der Waals surface area contributed by atoms with Gasteiger partial charge >= 0.3 is 0 Å². The normalized spacial score (nSPS) is 10.4. The maximum atomic E-state index is 6.15. The Bertz CT molecular complexity index is 586. The number of nitrogens with one attached hydrogen (secondary N) is 2. The first-order valence-electron chi connectivity index (χ1n) is 7.31. The fraction of sp³-hybridized carbons (Fsp3) is 0.375. The third-order valence-electron chi connectivity index (χ3n) is 3.22. The molecule has 1 heterocycles. The van der Waals surface area contributed by atoms with Crippen LogP contribution < -0.4 is 10.6 Å². The number of rotatable bonds is 7. The Kier molecular flexibility index (Phi) is 5.81. The molecule has 0 fully saturated rings. The van der Waals surface area contributed by atoms with Gasteiger partial charge in [0.25, 0.3) is 0 Å². The van der Waals surface area contributed by atoms with Crippen molar-refractivity contribution in [1.29, 1.82) is 0 Å². The van der Waals surface area contributed by atoms with Crippen LogP contribution in [0, 0.1) is 0 Å². The summed E-state index contributed by atoms with van der Waals surface area (Å²) in [5, 5.41) is 6.99. The third kappa shape index (κ3) is 4.33. The maximum absolute atomic E-state index is 6.15. The van der Waals surface area contributed by atoms with E-state index in [1.165, 1.54) is 11.1 Å². The Labute approximate surface area is 131 Å². The number of aryl methyl sites for hydroxylation is 1. The average molecular weight is 305 g/mol. The van der Waals surface area contributed by atoms with Gasteiger partial charge in [0, 0.05) is 13.1 Å². The van der Waals surface area contributed by atoms with Crippen LogP contribution in [0.2, 0.25) is 5.02 Å². The van der Waals surface area contributed by atoms with Crippen molar-refractivity contribution < 1.29 is 0 Å². The number of hydrogen-bond donors (Lipinski definition) is 2. The van der Waals surface area contributed by atoms with Crippen LogP contribution in [0.4, 0.5) is 11.8 Å². The van der Waals surface area contributed by atoms with Gasteiger partial charge in [-0.2, -0.15) is 4.98 Å². The lowest BCUT2D eigenvalue weighted by atomic mass is 10.1. The first-order chi connectivity index (χ1) is 10.2. The van der Waals surface area contributed by atoms with Crippen molar-refractivity contribution in [2.75, 3.05) is 17.2 Å². The van der Waals surface area contributed by atoms with E-state index in [1.54, 1.807) is 6.20 Å². The minimum Gasteiger partial charge on any atom is -0.365 e. The molecular weight excluding hydrogens is 284 g/mol. The molecule has 0 saturated carbocycles. The predicted octanol–water partition coefficient (Wildman–Crippen LogP) is 4.13. The van der Waals surface area contributed by atoms with Gasteiger partial charge in [0.1, 0.15) is 5.02 Å². The SMILES string of the molecule is CCCNc1ncc(Cl)c(NCc2ccccc2CC)n1. The summed E-state index contributed by atoms with van der Waals surface area (Å²) >= 11 is 6.15. The molecule has 0 saturated heterocycles. The molecule has 0 amide bonds. The van der Waals surface area contributed by atoms with Crippen LogP contribution >= 0.6 is 11.6 Å². The molecule has 0 aliphatic carbocycles. The molecule has 0 aliphatic heterocycles. The molecule has 0 bridgehead atoms. The molecule has 2 N–H and O–H groups in total. The van der Waals surface area contributed by atoms with E-state index in [9.17, 15) is 0 Å². The highest BCUT2D eigenvalue weighted by molar-refractivity contribution is 6.32. The summed E-state index contributed by atoms with van der Waals surface area (Å²) in [6.07, 6.45) is 3.66. The lowest BCUT2D eigenvalue weighted by molar-refractivity contribution is 0.949. The molecule has 21 heavy (non-hydrogen) atoms. The van der Waals surface area contributed by atoms with E-state index in [-0.39, 0.29) is 0 Å². The van der Waals surface area contributed by atoms with Gasteiger partial charge in [-0.25, -0.2) is 4.98 Å². The Morgan fingerprint density at radius 2 is 1.86 bits per heavy atom. The number of halogens is 1. The molecule has 112 valence electrons. The molecule has 2 aromatic rings. The van der Waals surface area contributed by atoms with Gasteiger partial charge in [-0.05, 0) is 24.0 Å². The summed E-state index contributed by atoms with van der Waals surface area (Å²) in [7, 11) is 0. The zero-order valence-corrected chi connectivity index (χ0v) is 13.2. The molecule has 0 unspecified atom stereocenters. The van der Waals surface area contributed by atoms with Gasteiger partial charge < -0.3 is 10.6 Å². The highest BCUT2D eigenvalue weighted by Gasteiger charge is 2.06. The number of nitrogens with zero attached hydrogens (tertiary/aromatic N) is 2. The van der Waals surface area contributed by atoms with Crippen LogP contribution in [0.1, 0.15) is 31.4 Å². The van der Waals surface area contributed by atoms with Crippen LogP contribution in [0.3, 0.4) is 0 Å². The fourth-order valence-corrected chi connectivity index (χ4v) is 2.22. The van der Waals surface area contributed by atoms with Crippen molar-refractivity contribution in [1.82, 2.24) is 9.97 Å². The van der Waals surface area contributed by atoms with Crippen molar-refractivity contribution in [3.63, 3.8) is 0 Å². The van der Waals surface area contributed by atoms with Gasteiger partial charge in [0.05, 0.1) is 6.20 Å². The lowest BCUT2D eigenvalue weighted by Crippen LogP contribution is -2.08. The van der Waals surface area contributed by atoms with Crippen LogP contribution in [0.25, 0.3) is 0 Å². The zero-order chi connectivity index (χ0) is 15.1. The average Bonchev–Trinajstić information content (AvgIpc) is 2.53. The first kappa shape index (κ1) is 15.6. The molecule has 2 rings (SSSR count). The lowest BCUT2D eigenvalue weighted by Gasteiger charge is -2.12. The monoisotopic (exact) mass is 304 g/mol. The first-order valence-corrected chi connectivity index (χ1v) is 7.69. The quantitative estimate of drug-likeness (QED) is 0.807. The van der Waals surface area contributed by atoms with E-state index in [0.29, 0.717) is 23.3 Å². The number of hydrogen-bond acceptors (Lipinski definition) is 4. The Balaban J connectivity index is 2.08. The summed E-state index contributed by atoms with van der Waals surface area (Å²) in [5.41, 5.74) is 2.59. The Morgan fingerprint density at radius 1 is 1.10 bits per heavy atom. The minimum atomic E-state index is 0.533. The zero-order valence-electron chi connectivity index (χ0n) is 12.5. The smallest absolute Gasteiger partial charge is 0.224 e. The standard InChI is InChI=1S/C16H21ClN4/c1-3-9-18-16-20-11-14(17)15(21-16)19-10-13-8-6-5-7-12(13)4-2/h5-8,11H,3-4,9-10H2,1-2H3,(H2,18,19,20,21). The fourth-order valence-electron chi connectivity index (χ4n) is 2.07. The second kappa shape index (κ2) is 7.84. The van der Waals surface area contributed by atoms with E-state index >= 15 is 0 Å². The van der Waals surface area contributed by atoms with Crippen molar-refractivity contribution >= 4 is 23.4 Å². The van der Waals surface area contributed by atoms with Gasteiger partial charge in [-0.15, -0.1) is 0 Å². The van der Waals surface area contributed by atoms with E-state index in [2.05, 4.69) is 52.6 Å². The van der Waals surface area contributed by atoms with Crippen LogP contribution in [-0.4, -0.2) is 16.5 Å². The highest BCUT2D eigenvalue weighted by Crippen LogP contribution is 2.21. The highest BCUT2D eigenvalue weighted by atomic mass is 35.5. The van der Waals surface area contributed by atoms with Crippen LogP contribution in [0.5, 0.6) is 0 Å². The Morgan fingerprint density at radius 3 is 2.57 bits per heavy atom. The molecule has 1 aromatic carbocycles. The molecule has 4 nitrogen and oxygen atoms in total. The van der Waals surface area contributed by atoms with Gasteiger partial charge in [0.15, 0.2) is 5.82 Å². The van der Waals surface area contributed by atoms with Crippen molar-refractivity contribution in [3.8, 4) is 0 Å². The largest absolute Gasteiger partial charge is 0.365 e. The summed E-state index contributed by atoms with van der Waals surface area (Å²) in [5.74, 6) is 1.27. The molecule has 0 radical (unpaired) electrons. The molecule has 1 aromatic heterocycles. The van der Waals surface area contributed by atoms with E-state index < -0.39 is 0 Å². The summed E-state index contributed by atoms with van der Waals surface area (Å²) < 4.78 is 0. The molecule has 0 aliphatic rings. The predicted molar refractivity (Wildman–Crippen MR) is 89.0 cm³/mol. The summed E-state index contributed by atoms with van der Waals surface area (Å²) in [6, 6.07) is 8.38. The van der Waals surface area contributed by atoms with Crippen molar-refractivity contribution in [3.05, 3.63) is 46.6 Å². The number of aromatic nitrogens is 2. The molecular formula is C16H21ClN4. The maximum Gasteiger partial charge on any atom is 0.224 e. The second-order valence-corrected chi connectivity index (χ2v) is 5.20. The van der Waals surface area contributed by atoms with Gasteiger partial charge in [0.2, 0.25) is 5.95 Å². The van der Waals surface area contributed by atoms with Crippen LogP contribution in [-0.2, 0) is 13.0 Å². The van der Waals surface area contributed by atoms with Crippen molar-refractivity contribution in [2.45, 2.75) is 33.2 Å². The van der Waals surface area contributed by atoms with E-state index in [1.807, 2.05) is 6.07 Å². The van der Waals surface area contributed by atoms with Crippen molar-refractivity contribution in [2.24, 2.45) is 0 Å². The van der Waals surface area contributed by atoms with Crippen LogP contribution in [0.15, 0.2) is 30.5 Å². The Hall–Kier alpha value is -1.81. The van der Waals surface area contributed by atoms with Gasteiger partial charge in [-0.1, -0.05) is 49.7 Å².